The van der Waals surface area contributed by atoms with Gasteiger partial charge in [0.1, 0.15) is 6.04 Å². The molecule has 120 valence electrons. The van der Waals surface area contributed by atoms with Gasteiger partial charge in [0.25, 0.3) is 11.8 Å². The lowest BCUT2D eigenvalue weighted by Gasteiger charge is -2.22. The average Bonchev–Trinajstić information content (AvgIpc) is 3.11. The maximum Gasteiger partial charge on any atom is 0.326 e. The molecule has 3 amide bonds. The highest BCUT2D eigenvalue weighted by atomic mass is 16.4. The number of rotatable bonds is 4. The highest BCUT2D eigenvalue weighted by Gasteiger charge is 2.37. The number of nitrogens with zero attached hydrogens (tertiary/aromatic N) is 2. The van der Waals surface area contributed by atoms with Crippen LogP contribution in [0.4, 0.5) is 0 Å². The molecule has 0 saturated carbocycles. The highest BCUT2D eigenvalue weighted by Crippen LogP contribution is 2.23. The van der Waals surface area contributed by atoms with E-state index in [1.54, 1.807) is 24.3 Å². The molecule has 0 radical (unpaired) electrons. The van der Waals surface area contributed by atoms with Gasteiger partial charge in [0.15, 0.2) is 0 Å². The second-order valence-corrected chi connectivity index (χ2v) is 5.64. The van der Waals surface area contributed by atoms with E-state index in [1.165, 1.54) is 4.90 Å². The average molecular weight is 316 g/mol. The Labute approximate surface area is 132 Å². The predicted molar refractivity (Wildman–Crippen MR) is 78.8 cm³/mol. The minimum Gasteiger partial charge on any atom is -0.480 e. The summed E-state index contributed by atoms with van der Waals surface area (Å²) in [5.41, 5.74) is 0.684. The van der Waals surface area contributed by atoms with E-state index in [9.17, 15) is 19.2 Å². The van der Waals surface area contributed by atoms with Gasteiger partial charge in [-0.3, -0.25) is 19.3 Å². The summed E-state index contributed by atoms with van der Waals surface area (Å²) >= 11 is 0. The number of likely N-dealkylation sites (tertiary alicyclic amines) is 1. The maximum atomic E-state index is 12.2. The quantitative estimate of drug-likeness (QED) is 0.827. The van der Waals surface area contributed by atoms with Crippen molar-refractivity contribution in [3.63, 3.8) is 0 Å². The van der Waals surface area contributed by atoms with Crippen molar-refractivity contribution in [2.45, 2.75) is 25.3 Å². The molecular weight excluding hydrogens is 300 g/mol. The first-order valence-corrected chi connectivity index (χ1v) is 7.48. The molecule has 0 aliphatic carbocycles. The fourth-order valence-corrected chi connectivity index (χ4v) is 3.12. The summed E-state index contributed by atoms with van der Waals surface area (Å²) in [4.78, 5) is 50.1. The molecule has 1 fully saturated rings. The van der Waals surface area contributed by atoms with Crippen molar-refractivity contribution >= 4 is 23.7 Å². The van der Waals surface area contributed by atoms with Gasteiger partial charge in [-0.05, 0) is 25.0 Å². The summed E-state index contributed by atoms with van der Waals surface area (Å²) in [6.45, 7) is 0.367. The number of aliphatic carboxylic acids is 1. The fraction of sp³-hybridized carbons (Fsp3) is 0.375. The first kappa shape index (κ1) is 15.2. The molecular formula is C16H16N2O5. The lowest BCUT2D eigenvalue weighted by molar-refractivity contribution is -0.148. The summed E-state index contributed by atoms with van der Waals surface area (Å²) in [5, 5.41) is 9.10. The highest BCUT2D eigenvalue weighted by molar-refractivity contribution is 6.21. The minimum atomic E-state index is -1.02. The molecule has 2 heterocycles. The topological polar surface area (TPSA) is 95.0 Å². The van der Waals surface area contributed by atoms with Crippen LogP contribution in [-0.4, -0.2) is 57.7 Å². The number of carboxylic acid groups (broad SMARTS) is 1. The predicted octanol–water partition coefficient (Wildman–Crippen LogP) is 0.748. The Balaban J connectivity index is 1.65. The van der Waals surface area contributed by atoms with E-state index in [0.29, 0.717) is 30.5 Å². The number of carboxylic acids is 1. The first-order chi connectivity index (χ1) is 11.0. The Kier molecular flexibility index (Phi) is 3.85. The maximum absolute atomic E-state index is 12.2. The molecule has 23 heavy (non-hydrogen) atoms. The van der Waals surface area contributed by atoms with Crippen LogP contribution in [0.2, 0.25) is 0 Å². The van der Waals surface area contributed by atoms with E-state index in [1.807, 2.05) is 0 Å². The SMILES string of the molecule is O=C(O)[C@@H]1CCCN1C(=O)CCN1C(=O)c2ccccc2C1=O. The van der Waals surface area contributed by atoms with Crippen molar-refractivity contribution in [3.8, 4) is 0 Å². The molecule has 7 heteroatoms. The van der Waals surface area contributed by atoms with E-state index in [-0.39, 0.29) is 18.9 Å². The number of fused-ring (bicyclic) bond motifs is 1. The Morgan fingerprint density at radius 3 is 2.30 bits per heavy atom. The minimum absolute atomic E-state index is 0.0337. The first-order valence-electron chi connectivity index (χ1n) is 7.48. The molecule has 1 saturated heterocycles. The molecule has 2 aliphatic heterocycles. The van der Waals surface area contributed by atoms with Crippen LogP contribution in [0.1, 0.15) is 40.0 Å². The zero-order valence-corrected chi connectivity index (χ0v) is 12.4. The number of amides is 3. The van der Waals surface area contributed by atoms with Crippen LogP contribution in [0.15, 0.2) is 24.3 Å². The third kappa shape index (κ3) is 2.58. The summed E-state index contributed by atoms with van der Waals surface area (Å²) in [7, 11) is 0. The van der Waals surface area contributed by atoms with Crippen molar-refractivity contribution in [3.05, 3.63) is 35.4 Å². The van der Waals surface area contributed by atoms with E-state index in [2.05, 4.69) is 0 Å². The van der Waals surface area contributed by atoms with E-state index in [0.717, 1.165) is 4.90 Å². The molecule has 7 nitrogen and oxygen atoms in total. The number of carbonyl (C=O) groups is 4. The van der Waals surface area contributed by atoms with Crippen molar-refractivity contribution in [1.29, 1.82) is 0 Å². The van der Waals surface area contributed by atoms with Gasteiger partial charge in [0.05, 0.1) is 11.1 Å². The van der Waals surface area contributed by atoms with E-state index in [4.69, 9.17) is 5.11 Å². The third-order valence-corrected chi connectivity index (χ3v) is 4.29. The van der Waals surface area contributed by atoms with Gasteiger partial charge in [-0.1, -0.05) is 12.1 Å². The lowest BCUT2D eigenvalue weighted by atomic mass is 10.1. The molecule has 1 N–H and O–H groups in total. The standard InChI is InChI=1S/C16H16N2O5/c19-13(17-8-3-6-12(17)16(22)23)7-9-18-14(20)10-4-1-2-5-11(10)15(18)21/h1-2,4-5,12H,3,6-9H2,(H,22,23)/t12-/m0/s1. The van der Waals surface area contributed by atoms with Crippen LogP contribution in [0.25, 0.3) is 0 Å². The van der Waals surface area contributed by atoms with Gasteiger partial charge in [0, 0.05) is 19.5 Å². The number of carbonyl (C=O) groups excluding carboxylic acids is 3. The molecule has 1 aromatic carbocycles. The zero-order chi connectivity index (χ0) is 16.6. The van der Waals surface area contributed by atoms with Gasteiger partial charge in [-0.2, -0.15) is 0 Å². The lowest BCUT2D eigenvalue weighted by Crippen LogP contribution is -2.42. The third-order valence-electron chi connectivity index (χ3n) is 4.29. The van der Waals surface area contributed by atoms with Crippen molar-refractivity contribution < 1.29 is 24.3 Å². The van der Waals surface area contributed by atoms with Crippen LogP contribution in [-0.2, 0) is 9.59 Å². The summed E-state index contributed by atoms with van der Waals surface area (Å²) < 4.78 is 0. The Morgan fingerprint density at radius 2 is 1.74 bits per heavy atom. The molecule has 0 bridgehead atoms. The fourth-order valence-electron chi connectivity index (χ4n) is 3.12. The van der Waals surface area contributed by atoms with Crippen molar-refractivity contribution in [1.82, 2.24) is 9.80 Å². The normalized spacial score (nSPS) is 20.1. The van der Waals surface area contributed by atoms with E-state index < -0.39 is 23.8 Å². The number of hydrogen-bond donors (Lipinski definition) is 1. The summed E-state index contributed by atoms with van der Waals surface area (Å²) in [6, 6.07) is 5.72. The molecule has 1 aromatic rings. The van der Waals surface area contributed by atoms with Crippen molar-refractivity contribution in [2.24, 2.45) is 0 Å². The van der Waals surface area contributed by atoms with Crippen LogP contribution in [0.3, 0.4) is 0 Å². The Morgan fingerprint density at radius 1 is 1.13 bits per heavy atom. The molecule has 1 atom stereocenters. The van der Waals surface area contributed by atoms with Crippen molar-refractivity contribution in [2.75, 3.05) is 13.1 Å². The molecule has 3 rings (SSSR count). The van der Waals surface area contributed by atoms with Crippen LogP contribution in [0, 0.1) is 0 Å². The number of benzene rings is 1. The zero-order valence-electron chi connectivity index (χ0n) is 12.4. The Bertz CT molecular complexity index is 664. The molecule has 0 aromatic heterocycles. The second kappa shape index (κ2) is 5.83. The second-order valence-electron chi connectivity index (χ2n) is 5.64. The van der Waals surface area contributed by atoms with Gasteiger partial charge >= 0.3 is 5.97 Å². The molecule has 0 unspecified atom stereocenters. The largest absolute Gasteiger partial charge is 0.480 e. The molecule has 0 spiro atoms. The van der Waals surface area contributed by atoms with Crippen LogP contribution in [0.5, 0.6) is 0 Å². The van der Waals surface area contributed by atoms with Crippen LogP contribution < -0.4 is 0 Å². The monoisotopic (exact) mass is 316 g/mol. The van der Waals surface area contributed by atoms with Gasteiger partial charge < -0.3 is 10.0 Å². The molecule has 2 aliphatic rings. The van der Waals surface area contributed by atoms with Gasteiger partial charge in [-0.15, -0.1) is 0 Å². The number of imide groups is 1. The van der Waals surface area contributed by atoms with E-state index >= 15 is 0 Å². The summed E-state index contributed by atoms with van der Waals surface area (Å²) in [6.07, 6.45) is 1.03. The smallest absolute Gasteiger partial charge is 0.326 e. The Hall–Kier alpha value is -2.70. The summed E-state index contributed by atoms with van der Waals surface area (Å²) in [5.74, 6) is -2.17. The van der Waals surface area contributed by atoms with Gasteiger partial charge in [-0.25, -0.2) is 4.79 Å². The van der Waals surface area contributed by atoms with Gasteiger partial charge in [0.2, 0.25) is 5.91 Å². The van der Waals surface area contributed by atoms with Crippen LogP contribution >= 0.6 is 0 Å². The number of hydrogen-bond acceptors (Lipinski definition) is 4.